The van der Waals surface area contributed by atoms with Gasteiger partial charge in [-0.25, -0.2) is 4.98 Å². The van der Waals surface area contributed by atoms with Gasteiger partial charge in [0.05, 0.1) is 10.7 Å². The molecule has 0 radical (unpaired) electrons. The lowest BCUT2D eigenvalue weighted by Crippen LogP contribution is -2.38. The van der Waals surface area contributed by atoms with Gasteiger partial charge in [-0.2, -0.15) is 0 Å². The van der Waals surface area contributed by atoms with Crippen LogP contribution in [0.3, 0.4) is 0 Å². The zero-order valence-corrected chi connectivity index (χ0v) is 12.5. The van der Waals surface area contributed by atoms with Crippen molar-refractivity contribution in [2.45, 2.75) is 46.6 Å². The van der Waals surface area contributed by atoms with Crippen LogP contribution in [0.15, 0.2) is 12.3 Å². The zero-order valence-electron chi connectivity index (χ0n) is 11.8. The van der Waals surface area contributed by atoms with Crippen molar-refractivity contribution >= 4 is 23.1 Å². The van der Waals surface area contributed by atoms with Gasteiger partial charge in [-0.1, -0.05) is 39.3 Å². The highest BCUT2D eigenvalue weighted by Crippen LogP contribution is 2.27. The Labute approximate surface area is 115 Å². The average Bonchev–Trinajstić information content (AvgIpc) is 2.29. The SMILES string of the molecule is CCC(CC)N(CC(C)C)c1ncc(Cl)cc1N. The molecule has 0 aliphatic carbocycles. The van der Waals surface area contributed by atoms with Crippen LogP contribution in [0, 0.1) is 5.92 Å². The lowest BCUT2D eigenvalue weighted by atomic mass is 10.1. The van der Waals surface area contributed by atoms with Gasteiger partial charge >= 0.3 is 0 Å². The van der Waals surface area contributed by atoms with Crippen LogP contribution >= 0.6 is 11.6 Å². The van der Waals surface area contributed by atoms with Gasteiger partial charge in [0, 0.05) is 18.8 Å². The summed E-state index contributed by atoms with van der Waals surface area (Å²) in [4.78, 5) is 6.73. The van der Waals surface area contributed by atoms with Gasteiger partial charge in [0.1, 0.15) is 0 Å². The number of hydrogen-bond donors (Lipinski definition) is 1. The van der Waals surface area contributed by atoms with E-state index in [-0.39, 0.29) is 0 Å². The fourth-order valence-electron chi connectivity index (χ4n) is 2.22. The third-order valence-corrected chi connectivity index (χ3v) is 3.29. The van der Waals surface area contributed by atoms with E-state index in [1.54, 1.807) is 12.3 Å². The number of nitrogens with zero attached hydrogens (tertiary/aromatic N) is 2. The molecule has 4 heteroatoms. The van der Waals surface area contributed by atoms with E-state index >= 15 is 0 Å². The number of hydrogen-bond acceptors (Lipinski definition) is 3. The van der Waals surface area contributed by atoms with E-state index in [4.69, 9.17) is 17.3 Å². The zero-order chi connectivity index (χ0) is 13.7. The molecule has 18 heavy (non-hydrogen) atoms. The Kier molecular flexibility index (Phi) is 5.73. The fraction of sp³-hybridized carbons (Fsp3) is 0.643. The largest absolute Gasteiger partial charge is 0.396 e. The summed E-state index contributed by atoms with van der Waals surface area (Å²) < 4.78 is 0. The van der Waals surface area contributed by atoms with Crippen molar-refractivity contribution in [1.82, 2.24) is 4.98 Å². The second kappa shape index (κ2) is 6.83. The number of nitrogen functional groups attached to an aromatic ring is 1. The van der Waals surface area contributed by atoms with Crippen LogP contribution in [0.1, 0.15) is 40.5 Å². The minimum Gasteiger partial charge on any atom is -0.396 e. The van der Waals surface area contributed by atoms with Crippen molar-refractivity contribution < 1.29 is 0 Å². The Hall–Kier alpha value is -0.960. The third-order valence-electron chi connectivity index (χ3n) is 3.08. The van der Waals surface area contributed by atoms with Gasteiger partial charge < -0.3 is 10.6 Å². The summed E-state index contributed by atoms with van der Waals surface area (Å²) in [5.74, 6) is 1.43. The van der Waals surface area contributed by atoms with Gasteiger partial charge in [0.2, 0.25) is 0 Å². The van der Waals surface area contributed by atoms with Crippen molar-refractivity contribution in [1.29, 1.82) is 0 Å². The average molecular weight is 270 g/mol. The van der Waals surface area contributed by atoms with Gasteiger partial charge in [-0.15, -0.1) is 0 Å². The van der Waals surface area contributed by atoms with Gasteiger partial charge in [0.15, 0.2) is 5.82 Å². The Morgan fingerprint density at radius 2 is 1.94 bits per heavy atom. The lowest BCUT2D eigenvalue weighted by Gasteiger charge is -2.33. The first-order valence-electron chi connectivity index (χ1n) is 6.67. The van der Waals surface area contributed by atoms with Crippen molar-refractivity contribution in [2.24, 2.45) is 5.92 Å². The molecule has 0 spiro atoms. The smallest absolute Gasteiger partial charge is 0.152 e. The number of nitrogens with two attached hydrogens (primary N) is 1. The Balaban J connectivity index is 3.08. The van der Waals surface area contributed by atoms with Crippen LogP contribution in [-0.2, 0) is 0 Å². The molecule has 1 heterocycles. The standard InChI is InChI=1S/C14H24ClN3/c1-5-12(6-2)18(9-10(3)4)14-13(16)7-11(15)8-17-14/h7-8,10,12H,5-6,9,16H2,1-4H3. The minimum absolute atomic E-state index is 0.475. The van der Waals surface area contributed by atoms with Crippen molar-refractivity contribution in [3.8, 4) is 0 Å². The molecule has 1 aromatic heterocycles. The van der Waals surface area contributed by atoms with Crippen LogP contribution in [0.2, 0.25) is 5.02 Å². The molecule has 0 bridgehead atoms. The van der Waals surface area contributed by atoms with Crippen LogP contribution in [0.4, 0.5) is 11.5 Å². The summed E-state index contributed by atoms with van der Waals surface area (Å²) in [5, 5.41) is 0.588. The molecule has 0 amide bonds. The quantitative estimate of drug-likeness (QED) is 0.850. The van der Waals surface area contributed by atoms with Gasteiger partial charge in [0.25, 0.3) is 0 Å². The summed E-state index contributed by atoms with van der Waals surface area (Å²) in [6.45, 7) is 9.79. The summed E-state index contributed by atoms with van der Waals surface area (Å²) in [7, 11) is 0. The monoisotopic (exact) mass is 269 g/mol. The lowest BCUT2D eigenvalue weighted by molar-refractivity contribution is 0.504. The van der Waals surface area contributed by atoms with E-state index in [0.717, 1.165) is 25.2 Å². The molecule has 1 rings (SSSR count). The van der Waals surface area contributed by atoms with E-state index < -0.39 is 0 Å². The molecule has 0 atom stereocenters. The summed E-state index contributed by atoms with van der Waals surface area (Å²) in [6.07, 6.45) is 3.85. The fourth-order valence-corrected chi connectivity index (χ4v) is 2.39. The van der Waals surface area contributed by atoms with Crippen LogP contribution in [0.5, 0.6) is 0 Å². The maximum absolute atomic E-state index is 6.06. The normalized spacial score (nSPS) is 11.3. The summed E-state index contributed by atoms with van der Waals surface area (Å²) >= 11 is 5.91. The predicted molar refractivity (Wildman–Crippen MR) is 80.2 cm³/mol. The third kappa shape index (κ3) is 3.77. The number of halogens is 1. The molecular weight excluding hydrogens is 246 g/mol. The maximum atomic E-state index is 6.06. The summed E-state index contributed by atoms with van der Waals surface area (Å²) in [5.41, 5.74) is 6.72. The predicted octanol–water partition coefficient (Wildman–Crippen LogP) is 3.97. The van der Waals surface area contributed by atoms with Crippen molar-refractivity contribution in [3.63, 3.8) is 0 Å². The molecule has 2 N–H and O–H groups in total. The molecule has 3 nitrogen and oxygen atoms in total. The number of rotatable bonds is 6. The van der Waals surface area contributed by atoms with Crippen LogP contribution in [0.25, 0.3) is 0 Å². The molecule has 0 unspecified atom stereocenters. The first-order chi connectivity index (χ1) is 8.49. The number of aromatic nitrogens is 1. The number of pyridine rings is 1. The highest BCUT2D eigenvalue weighted by atomic mass is 35.5. The van der Waals surface area contributed by atoms with E-state index in [9.17, 15) is 0 Å². The molecule has 0 aliphatic heterocycles. The Morgan fingerprint density at radius 3 is 2.39 bits per heavy atom. The van der Waals surface area contributed by atoms with Gasteiger partial charge in [-0.05, 0) is 24.8 Å². The summed E-state index contributed by atoms with van der Waals surface area (Å²) in [6, 6.07) is 2.25. The molecule has 0 saturated heterocycles. The maximum Gasteiger partial charge on any atom is 0.152 e. The molecule has 0 aromatic carbocycles. The first kappa shape index (κ1) is 15.1. The van der Waals surface area contributed by atoms with Crippen molar-refractivity contribution in [2.75, 3.05) is 17.2 Å². The van der Waals surface area contributed by atoms with E-state index in [0.29, 0.717) is 22.7 Å². The molecule has 102 valence electrons. The second-order valence-corrected chi connectivity index (χ2v) is 5.52. The van der Waals surface area contributed by atoms with E-state index in [1.807, 2.05) is 0 Å². The molecule has 1 aromatic rings. The minimum atomic E-state index is 0.475. The Morgan fingerprint density at radius 1 is 1.33 bits per heavy atom. The highest BCUT2D eigenvalue weighted by Gasteiger charge is 2.20. The van der Waals surface area contributed by atoms with E-state index in [1.165, 1.54) is 0 Å². The van der Waals surface area contributed by atoms with Gasteiger partial charge in [-0.3, -0.25) is 0 Å². The second-order valence-electron chi connectivity index (χ2n) is 5.08. The van der Waals surface area contributed by atoms with E-state index in [2.05, 4.69) is 37.6 Å². The molecular formula is C14H24ClN3. The number of anilines is 2. The first-order valence-corrected chi connectivity index (χ1v) is 7.05. The molecule has 0 aliphatic rings. The molecule has 0 saturated carbocycles. The molecule has 0 fully saturated rings. The highest BCUT2D eigenvalue weighted by molar-refractivity contribution is 6.30. The topological polar surface area (TPSA) is 42.2 Å². The Bertz CT molecular complexity index is 375. The van der Waals surface area contributed by atoms with Crippen LogP contribution in [-0.4, -0.2) is 17.6 Å². The van der Waals surface area contributed by atoms with Crippen molar-refractivity contribution in [3.05, 3.63) is 17.3 Å². The van der Waals surface area contributed by atoms with Crippen LogP contribution < -0.4 is 10.6 Å².